The Kier molecular flexibility index (Phi) is 102. The maximum absolute atomic E-state index is 11.9. The molecule has 1 unspecified atom stereocenters. The first-order valence-corrected chi connectivity index (χ1v) is 42.2. The summed E-state index contributed by atoms with van der Waals surface area (Å²) < 4.78 is 33.9. The van der Waals surface area contributed by atoms with Crippen LogP contribution in [0.25, 0.3) is 0 Å². The van der Waals surface area contributed by atoms with Gasteiger partial charge in [-0.3, -0.25) is 38.4 Å². The van der Waals surface area contributed by atoms with Gasteiger partial charge in [-0.05, 0) is 261 Å². The predicted molar refractivity (Wildman–Crippen MR) is 559 cm³/mol. The maximum Gasteiger partial charge on any atom is 0.312 e. The van der Waals surface area contributed by atoms with Gasteiger partial charge in [0.2, 0.25) is 0 Å². The summed E-state index contributed by atoms with van der Waals surface area (Å²) in [5, 5.41) is 0.303. The Morgan fingerprint density at radius 3 is 0.901 bits per heavy atom. The lowest BCUT2D eigenvalue weighted by atomic mass is 9.85. The van der Waals surface area contributed by atoms with Gasteiger partial charge < -0.3 is 28.4 Å². The van der Waals surface area contributed by atoms with E-state index in [1.807, 2.05) is 219 Å². The molecule has 3 rings (SSSR count). The number of thioether (sulfide) groups is 2. The molecular formula is C103H229ClO14S3. The van der Waals surface area contributed by atoms with Crippen molar-refractivity contribution in [2.75, 3.05) is 5.88 Å². The van der Waals surface area contributed by atoms with Gasteiger partial charge in [0.05, 0.1) is 42.6 Å². The average molecular weight is 1820 g/mol. The maximum atomic E-state index is 11.9. The van der Waals surface area contributed by atoms with E-state index in [-0.39, 0.29) is 231 Å². The van der Waals surface area contributed by atoms with E-state index in [2.05, 4.69) is 76.2 Å². The van der Waals surface area contributed by atoms with Crippen LogP contribution < -0.4 is 0 Å². The minimum absolute atomic E-state index is 0. The van der Waals surface area contributed by atoms with E-state index in [0.29, 0.717) is 36.2 Å². The van der Waals surface area contributed by atoms with Crippen LogP contribution in [0.1, 0.15) is 525 Å². The fraction of sp³-hybridized carbons (Fsp3) is 0.913. The number of ether oxygens (including phenoxy) is 6. The number of carbonyl (C=O) groups excluding carboxylic acids is 8. The van der Waals surface area contributed by atoms with Crippen LogP contribution in [0.5, 0.6) is 0 Å². The Bertz CT molecular complexity index is 2490. The minimum atomic E-state index is -0.564. The first kappa shape index (κ1) is 172. The summed E-state index contributed by atoms with van der Waals surface area (Å²) in [6.45, 7) is 81.7. The molecule has 0 spiro atoms. The van der Waals surface area contributed by atoms with E-state index in [0.717, 1.165) is 74.8 Å². The molecule has 0 amide bonds. The molecular weight excluding hydrogens is 1590 g/mol. The minimum Gasteiger partial charge on any atom is -0.461 e. The molecule has 14 nitrogen and oxygen atoms in total. The summed E-state index contributed by atoms with van der Waals surface area (Å²) in [4.78, 5) is 92.8. The van der Waals surface area contributed by atoms with Gasteiger partial charge in [-0.25, -0.2) is 0 Å². The van der Waals surface area contributed by atoms with Gasteiger partial charge in [-0.2, -0.15) is 0 Å². The number of hydrogen-bond acceptors (Lipinski definition) is 17. The Morgan fingerprint density at radius 1 is 0.364 bits per heavy atom. The zero-order chi connectivity index (χ0) is 84.6. The van der Waals surface area contributed by atoms with Crippen LogP contribution in [-0.2, 0) is 66.8 Å². The fourth-order valence-corrected chi connectivity index (χ4v) is 10.4. The van der Waals surface area contributed by atoms with Crippen molar-refractivity contribution in [2.24, 2.45) is 49.2 Å². The molecule has 0 aromatic rings. The molecule has 3 aliphatic carbocycles. The van der Waals surface area contributed by atoms with Gasteiger partial charge in [0, 0.05) is 33.2 Å². The summed E-state index contributed by atoms with van der Waals surface area (Å²) in [6, 6.07) is 0. The molecule has 0 aromatic carbocycles. The second-order valence-electron chi connectivity index (χ2n) is 39.2. The van der Waals surface area contributed by atoms with Crippen molar-refractivity contribution >= 4 is 98.3 Å². The molecule has 0 saturated heterocycles. The molecule has 0 radical (unpaired) electrons. The van der Waals surface area contributed by atoms with Crippen LogP contribution in [0.2, 0.25) is 0 Å². The third-order valence-corrected chi connectivity index (χ3v) is 24.4. The molecule has 0 aromatic heterocycles. The van der Waals surface area contributed by atoms with Crippen LogP contribution in [0, 0.1) is 49.2 Å². The quantitative estimate of drug-likeness (QED) is 0.0383. The largest absolute Gasteiger partial charge is 0.461 e. The van der Waals surface area contributed by atoms with Crippen LogP contribution in [-0.4, -0.2) is 100 Å². The highest BCUT2D eigenvalue weighted by molar-refractivity contribution is 8.24. The first-order chi connectivity index (χ1) is 46.7. The lowest BCUT2D eigenvalue weighted by Crippen LogP contribution is -2.38. The Morgan fingerprint density at radius 2 is 0.645 bits per heavy atom. The van der Waals surface area contributed by atoms with Gasteiger partial charge >= 0.3 is 35.8 Å². The molecule has 3 aliphatic rings. The van der Waals surface area contributed by atoms with E-state index in [1.165, 1.54) is 43.9 Å². The third kappa shape index (κ3) is 77.0. The molecule has 0 N–H and O–H groups in total. The summed E-state index contributed by atoms with van der Waals surface area (Å²) in [7, 11) is 0. The highest BCUT2D eigenvalue weighted by Gasteiger charge is 2.44. The molecule has 18 heteroatoms. The van der Waals surface area contributed by atoms with Crippen LogP contribution >= 0.6 is 47.3 Å². The molecule has 121 heavy (non-hydrogen) atoms. The van der Waals surface area contributed by atoms with Gasteiger partial charge in [0.1, 0.15) is 39.9 Å². The first-order valence-electron chi connectivity index (χ1n) is 39.6. The highest BCUT2D eigenvalue weighted by Crippen LogP contribution is 2.43. The second-order valence-corrected chi connectivity index (χ2v) is 43.7. The van der Waals surface area contributed by atoms with Gasteiger partial charge in [-0.15, -0.1) is 23.4 Å². The smallest absolute Gasteiger partial charge is 0.312 e. The number of alkyl halides is 1. The van der Waals surface area contributed by atoms with Gasteiger partial charge in [-0.1, -0.05) is 281 Å². The number of Topliss-reactive ketones (excluding diaryl/α,β-unsaturated/α-hetero) is 1. The average Bonchev–Trinajstić information content (AvgIpc) is 1.65. The monoisotopic (exact) mass is 1820 g/mol. The van der Waals surface area contributed by atoms with E-state index >= 15 is 0 Å². The van der Waals surface area contributed by atoms with Crippen molar-refractivity contribution in [3.63, 3.8) is 0 Å². The van der Waals surface area contributed by atoms with E-state index in [4.69, 9.17) is 52.2 Å². The summed E-state index contributed by atoms with van der Waals surface area (Å²) in [5.41, 5.74) is -3.91. The highest BCUT2D eigenvalue weighted by atomic mass is 35.5. The summed E-state index contributed by atoms with van der Waals surface area (Å²) >= 11 is 14.3. The number of rotatable bonds is 24. The van der Waals surface area contributed by atoms with E-state index < -0.39 is 16.4 Å². The molecule has 3 saturated carbocycles. The van der Waals surface area contributed by atoms with Gasteiger partial charge in [0.25, 0.3) is 0 Å². The zero-order valence-corrected chi connectivity index (χ0v) is 78.8. The lowest BCUT2D eigenvalue weighted by molar-refractivity contribution is -0.172. The van der Waals surface area contributed by atoms with Crippen LogP contribution in [0.15, 0.2) is 0 Å². The zero-order valence-electron chi connectivity index (χ0n) is 75.6. The Hall–Kier alpha value is -2.76. The third-order valence-electron chi connectivity index (χ3n) is 20.2. The van der Waals surface area contributed by atoms with Crippen molar-refractivity contribution in [2.45, 2.75) is 568 Å². The Balaban J connectivity index is -0.0000000489. The molecule has 0 aliphatic heterocycles. The summed E-state index contributed by atoms with van der Waals surface area (Å²) in [6.07, 6.45) is 17.3. The Labute approximate surface area is 783 Å². The molecule has 750 valence electrons. The number of carbonyl (C=O) groups is 8. The number of halogens is 1. The van der Waals surface area contributed by atoms with E-state index in [9.17, 15) is 38.4 Å². The molecule has 1 atom stereocenters. The lowest BCUT2D eigenvalue weighted by Gasteiger charge is -2.36. The molecule has 3 fully saturated rings. The predicted octanol–water partition coefficient (Wildman–Crippen LogP) is 35.8. The summed E-state index contributed by atoms with van der Waals surface area (Å²) in [5.74, 6) is 0.445. The number of hydrogen-bond donors (Lipinski definition) is 0. The van der Waals surface area contributed by atoms with Crippen molar-refractivity contribution in [1.29, 1.82) is 0 Å². The van der Waals surface area contributed by atoms with E-state index in [1.54, 1.807) is 0 Å². The number of ketones is 1. The number of thiocarbonyl (C=S) groups is 1. The SMILES string of the molecule is C.C.C.C.C.C.C.C.C.C.C.C.C.C.C.C.CCC(C)(C)C(=O)OC(C)(C)C.CCC(C)(C)C(=O)OC(C)(C)C1CC1.CCC(C)(C)C(=O)OC(C)(C)CCl.CCC(C)(C)C(=O)OC1(C)CCCCC1.CCC(C)(C)C(=O)OC1CCC(=O)C1.CCC(C)(C)C(=O)SC(C)(C)C.CCC(C)(C)C(=S)SC(C)(C)C.CCC(C)(C)OC(=O)C(C)(C)CC. The topological polar surface area (TPSA) is 192 Å². The van der Waals surface area contributed by atoms with Crippen LogP contribution in [0.3, 0.4) is 0 Å². The van der Waals surface area contributed by atoms with Gasteiger partial charge in [0.15, 0.2) is 5.12 Å². The molecule has 0 bridgehead atoms. The number of esters is 6. The normalized spacial score (nSPS) is 13.9. The van der Waals surface area contributed by atoms with Crippen molar-refractivity contribution in [3.8, 4) is 0 Å². The van der Waals surface area contributed by atoms with Crippen molar-refractivity contribution < 1.29 is 66.8 Å². The standard InChI is InChI=1S/C13H24O2.C12H22O2.C11H18O3.C11H22O2.C10H19ClO2.C10H20O2.C10H20OS.C10H20S2.16CH4/c1-5-12(2,3)11(14)15-13(4)9-7-6-8-10-13;1-6-11(2,3)10(13)14-12(4,5)9-7-8-9;1-4-11(2,3)10(13)14-9-6-5-8(12)7-9;1-7-10(3,4)9(12)13-11(5,6)8-2;1-6-9(2,3)8(12)13-10(4,5)7-11;3*1-7-10(5,6)8(11)12-9(2,3)4;;;;;;;;;;;;;;;;/h5-10H2,1-4H3;9H,6-8H2,1-5H3;9H,4-7H2,1-3H3;7-8H2,1-6H3;6-7H2,1-5H3;3*7H2,1-6H3;16*1H4. The molecule has 0 heterocycles. The second kappa shape index (κ2) is 72.1. The van der Waals surface area contributed by atoms with Crippen LogP contribution in [0.4, 0.5) is 0 Å². The van der Waals surface area contributed by atoms with Crippen molar-refractivity contribution in [3.05, 3.63) is 0 Å². The van der Waals surface area contributed by atoms with Crippen molar-refractivity contribution in [1.82, 2.24) is 0 Å². The fourth-order valence-electron chi connectivity index (χ4n) is 7.48.